The number of aromatic nitrogens is 3. The molecule has 2 aromatic heterocycles. The molecule has 0 saturated heterocycles. The lowest BCUT2D eigenvalue weighted by molar-refractivity contribution is -0.124. The van der Waals surface area contributed by atoms with Gasteiger partial charge in [-0.25, -0.2) is 4.98 Å². The van der Waals surface area contributed by atoms with Crippen LogP contribution in [-0.2, 0) is 9.59 Å². The zero-order valence-corrected chi connectivity index (χ0v) is 14.6. The van der Waals surface area contributed by atoms with E-state index < -0.39 is 17.4 Å². The molecule has 0 bridgehead atoms. The molecule has 0 saturated carbocycles. The molecule has 0 aliphatic carbocycles. The third kappa shape index (κ3) is 3.76. The van der Waals surface area contributed by atoms with Gasteiger partial charge in [0.05, 0.1) is 5.52 Å². The lowest BCUT2D eigenvalue weighted by atomic mass is 10.1. The van der Waals surface area contributed by atoms with Crippen molar-refractivity contribution in [2.24, 2.45) is 0 Å². The minimum Gasteiger partial charge on any atom is -0.360 e. The van der Waals surface area contributed by atoms with Gasteiger partial charge in [-0.15, -0.1) is 0 Å². The minimum atomic E-state index is -0.701. The first-order valence-corrected chi connectivity index (χ1v) is 8.13. The molecular formula is C18H17N5O4. The molecule has 0 radical (unpaired) electrons. The zero-order valence-electron chi connectivity index (χ0n) is 14.6. The summed E-state index contributed by atoms with van der Waals surface area (Å²) in [5.74, 6) is -1.19. The molecule has 1 atom stereocenters. The summed E-state index contributed by atoms with van der Waals surface area (Å²) >= 11 is 0. The predicted molar refractivity (Wildman–Crippen MR) is 98.4 cm³/mol. The Bertz CT molecular complexity index is 1080. The number of amides is 2. The SMILES string of the molecule is CC(=O)NC(C)C(=O)Nc1ccc2c(=O)c(C(=O)n3ccnc3)c[nH]c2c1. The smallest absolute Gasteiger partial charge is 0.268 e. The van der Waals surface area contributed by atoms with Crippen LogP contribution in [0.1, 0.15) is 24.2 Å². The van der Waals surface area contributed by atoms with Crippen LogP contribution in [0.2, 0.25) is 0 Å². The molecule has 2 heterocycles. The van der Waals surface area contributed by atoms with E-state index in [1.165, 1.54) is 42.5 Å². The van der Waals surface area contributed by atoms with Gasteiger partial charge in [-0.1, -0.05) is 0 Å². The summed E-state index contributed by atoms with van der Waals surface area (Å²) in [7, 11) is 0. The van der Waals surface area contributed by atoms with E-state index in [0.29, 0.717) is 16.6 Å². The molecule has 1 unspecified atom stereocenters. The highest BCUT2D eigenvalue weighted by atomic mass is 16.2. The molecule has 0 aliphatic heterocycles. The number of hydrogen-bond donors (Lipinski definition) is 3. The van der Waals surface area contributed by atoms with Crippen LogP contribution in [0.3, 0.4) is 0 Å². The number of benzene rings is 1. The largest absolute Gasteiger partial charge is 0.360 e. The number of aromatic amines is 1. The molecule has 1 aromatic carbocycles. The van der Waals surface area contributed by atoms with Crippen molar-refractivity contribution >= 4 is 34.3 Å². The zero-order chi connectivity index (χ0) is 19.6. The van der Waals surface area contributed by atoms with Crippen LogP contribution < -0.4 is 16.1 Å². The van der Waals surface area contributed by atoms with Gasteiger partial charge in [-0.05, 0) is 25.1 Å². The maximum absolute atomic E-state index is 12.6. The van der Waals surface area contributed by atoms with E-state index in [2.05, 4.69) is 20.6 Å². The van der Waals surface area contributed by atoms with Crippen molar-refractivity contribution in [3.8, 4) is 0 Å². The Labute approximate surface area is 153 Å². The van der Waals surface area contributed by atoms with E-state index in [4.69, 9.17) is 0 Å². The van der Waals surface area contributed by atoms with Crippen LogP contribution in [0.15, 0.2) is 47.9 Å². The van der Waals surface area contributed by atoms with Crippen molar-refractivity contribution in [2.45, 2.75) is 19.9 Å². The summed E-state index contributed by atoms with van der Waals surface area (Å²) in [6.45, 7) is 2.89. The highest BCUT2D eigenvalue weighted by Crippen LogP contribution is 2.16. The summed E-state index contributed by atoms with van der Waals surface area (Å²) in [5.41, 5.74) is 0.477. The Balaban J connectivity index is 1.88. The molecule has 27 heavy (non-hydrogen) atoms. The number of carbonyl (C=O) groups excluding carboxylic acids is 3. The third-order valence-corrected chi connectivity index (χ3v) is 3.93. The second-order valence-corrected chi connectivity index (χ2v) is 5.98. The van der Waals surface area contributed by atoms with Crippen molar-refractivity contribution in [2.75, 3.05) is 5.32 Å². The van der Waals surface area contributed by atoms with Crippen LogP contribution >= 0.6 is 0 Å². The first-order chi connectivity index (χ1) is 12.9. The Morgan fingerprint density at radius 3 is 2.70 bits per heavy atom. The summed E-state index contributed by atoms with van der Waals surface area (Å²) in [5, 5.41) is 5.47. The minimum absolute atomic E-state index is 0.0171. The van der Waals surface area contributed by atoms with Crippen molar-refractivity contribution in [3.63, 3.8) is 0 Å². The second kappa shape index (κ2) is 7.24. The van der Waals surface area contributed by atoms with Crippen molar-refractivity contribution in [3.05, 3.63) is 58.9 Å². The number of anilines is 1. The highest BCUT2D eigenvalue weighted by molar-refractivity contribution is 6.00. The third-order valence-electron chi connectivity index (χ3n) is 3.93. The van der Waals surface area contributed by atoms with Crippen LogP contribution in [0.25, 0.3) is 10.9 Å². The first-order valence-electron chi connectivity index (χ1n) is 8.13. The van der Waals surface area contributed by atoms with Crippen LogP contribution in [0, 0.1) is 0 Å². The van der Waals surface area contributed by atoms with Crippen LogP contribution in [0.4, 0.5) is 5.69 Å². The molecule has 138 valence electrons. The molecule has 9 nitrogen and oxygen atoms in total. The standard InChI is InChI=1S/C18H17N5O4/c1-10(21-11(2)24)17(26)22-12-3-4-13-15(7-12)20-8-14(16(13)25)18(27)23-6-5-19-9-23/h3-10H,1-2H3,(H,20,25)(H,21,24)(H,22,26). The van der Waals surface area contributed by atoms with E-state index in [-0.39, 0.29) is 17.4 Å². The Morgan fingerprint density at radius 2 is 2.04 bits per heavy atom. The summed E-state index contributed by atoms with van der Waals surface area (Å²) in [6, 6.07) is 3.96. The van der Waals surface area contributed by atoms with E-state index in [1.807, 2.05) is 0 Å². The number of rotatable bonds is 4. The Morgan fingerprint density at radius 1 is 1.26 bits per heavy atom. The number of nitrogens with zero attached hydrogens (tertiary/aromatic N) is 2. The number of fused-ring (bicyclic) bond motifs is 1. The van der Waals surface area contributed by atoms with Crippen LogP contribution in [0.5, 0.6) is 0 Å². The molecule has 3 N–H and O–H groups in total. The summed E-state index contributed by atoms with van der Waals surface area (Å²) < 4.78 is 1.22. The van der Waals surface area contributed by atoms with E-state index in [1.54, 1.807) is 19.1 Å². The Kier molecular flexibility index (Phi) is 4.84. The van der Waals surface area contributed by atoms with E-state index in [9.17, 15) is 19.2 Å². The normalized spacial score (nSPS) is 11.8. The fourth-order valence-electron chi connectivity index (χ4n) is 2.60. The number of carbonyl (C=O) groups is 3. The van der Waals surface area contributed by atoms with E-state index in [0.717, 1.165) is 0 Å². The molecule has 3 rings (SSSR count). The quantitative estimate of drug-likeness (QED) is 0.631. The predicted octanol–water partition coefficient (Wildman–Crippen LogP) is 0.876. The number of pyridine rings is 1. The van der Waals surface area contributed by atoms with Gasteiger partial charge in [-0.2, -0.15) is 0 Å². The lowest BCUT2D eigenvalue weighted by Crippen LogP contribution is -2.40. The van der Waals surface area contributed by atoms with Crippen molar-refractivity contribution < 1.29 is 14.4 Å². The number of nitrogens with one attached hydrogen (secondary N) is 3. The Hall–Kier alpha value is -3.75. The fraction of sp³-hybridized carbons (Fsp3) is 0.167. The maximum Gasteiger partial charge on any atom is 0.268 e. The molecule has 0 aliphatic rings. The van der Waals surface area contributed by atoms with Gasteiger partial charge in [0.25, 0.3) is 5.91 Å². The van der Waals surface area contributed by atoms with Gasteiger partial charge < -0.3 is 15.6 Å². The number of imidazole rings is 1. The monoisotopic (exact) mass is 367 g/mol. The molecule has 3 aromatic rings. The van der Waals surface area contributed by atoms with Gasteiger partial charge in [0.2, 0.25) is 17.2 Å². The fourth-order valence-corrected chi connectivity index (χ4v) is 2.60. The van der Waals surface area contributed by atoms with Crippen LogP contribution in [-0.4, -0.2) is 38.3 Å². The van der Waals surface area contributed by atoms with Gasteiger partial charge >= 0.3 is 0 Å². The summed E-state index contributed by atoms with van der Waals surface area (Å²) in [4.78, 5) is 54.8. The topological polar surface area (TPSA) is 126 Å². The van der Waals surface area contributed by atoms with Crippen molar-refractivity contribution in [1.82, 2.24) is 19.9 Å². The van der Waals surface area contributed by atoms with Gasteiger partial charge in [-0.3, -0.25) is 23.7 Å². The number of hydrogen-bond acceptors (Lipinski definition) is 5. The lowest BCUT2D eigenvalue weighted by Gasteiger charge is -2.13. The second-order valence-electron chi connectivity index (χ2n) is 5.98. The highest BCUT2D eigenvalue weighted by Gasteiger charge is 2.16. The molecule has 0 fully saturated rings. The van der Waals surface area contributed by atoms with Gasteiger partial charge in [0.1, 0.15) is 17.9 Å². The van der Waals surface area contributed by atoms with Gasteiger partial charge in [0, 0.05) is 36.6 Å². The molecule has 2 amide bonds. The summed E-state index contributed by atoms with van der Waals surface area (Å²) in [6.07, 6.45) is 5.56. The average Bonchev–Trinajstić information content (AvgIpc) is 3.15. The van der Waals surface area contributed by atoms with Gasteiger partial charge in [0.15, 0.2) is 0 Å². The molecule has 0 spiro atoms. The number of H-pyrrole nitrogens is 1. The van der Waals surface area contributed by atoms with Crippen molar-refractivity contribution in [1.29, 1.82) is 0 Å². The molecular weight excluding hydrogens is 350 g/mol. The average molecular weight is 367 g/mol. The molecule has 9 heteroatoms. The first kappa shape index (κ1) is 18.1. The maximum atomic E-state index is 12.6. The van der Waals surface area contributed by atoms with E-state index >= 15 is 0 Å².